The summed E-state index contributed by atoms with van der Waals surface area (Å²) in [6.07, 6.45) is 0. The molecule has 0 unspecified atom stereocenters. The molecule has 3 rings (SSSR count). The van der Waals surface area contributed by atoms with Crippen LogP contribution in [0.25, 0.3) is 0 Å². The molecule has 0 spiro atoms. The van der Waals surface area contributed by atoms with E-state index in [2.05, 4.69) is 5.32 Å². The summed E-state index contributed by atoms with van der Waals surface area (Å²) in [5, 5.41) is 2.82. The molecule has 2 amide bonds. The van der Waals surface area contributed by atoms with Gasteiger partial charge in [0.25, 0.3) is 0 Å². The zero-order valence-corrected chi connectivity index (χ0v) is 16.9. The summed E-state index contributed by atoms with van der Waals surface area (Å²) >= 11 is 1.49. The molecule has 0 radical (unpaired) electrons. The molecule has 1 aliphatic heterocycles. The Kier molecular flexibility index (Phi) is 6.81. The number of hydrogen-bond acceptors (Lipinski definition) is 5. The Morgan fingerprint density at radius 3 is 2.61 bits per heavy atom. The number of benzene rings is 2. The summed E-state index contributed by atoms with van der Waals surface area (Å²) in [6, 6.07) is 13.2. The minimum atomic E-state index is -0.243. The van der Waals surface area contributed by atoms with Crippen molar-refractivity contribution in [2.24, 2.45) is 0 Å². The van der Waals surface area contributed by atoms with Crippen molar-refractivity contribution < 1.29 is 19.1 Å². The fourth-order valence-electron chi connectivity index (χ4n) is 2.82. The van der Waals surface area contributed by atoms with Crippen LogP contribution in [0.2, 0.25) is 0 Å². The first-order chi connectivity index (χ1) is 13.6. The molecule has 6 nitrogen and oxygen atoms in total. The lowest BCUT2D eigenvalue weighted by Crippen LogP contribution is -2.38. The van der Waals surface area contributed by atoms with Gasteiger partial charge in [-0.25, -0.2) is 0 Å². The van der Waals surface area contributed by atoms with Gasteiger partial charge in [0.15, 0.2) is 11.5 Å². The van der Waals surface area contributed by atoms with Crippen molar-refractivity contribution in [1.29, 1.82) is 0 Å². The molecule has 0 atom stereocenters. The molecule has 2 aromatic rings. The van der Waals surface area contributed by atoms with E-state index < -0.39 is 0 Å². The number of carbonyl (C=O) groups is 2. The minimum Gasteiger partial charge on any atom is -0.486 e. The van der Waals surface area contributed by atoms with Crippen LogP contribution in [0, 0.1) is 6.92 Å². The Labute approximate surface area is 169 Å². The molecule has 7 heteroatoms. The van der Waals surface area contributed by atoms with Gasteiger partial charge in [-0.2, -0.15) is 0 Å². The molecule has 2 aromatic carbocycles. The number of nitrogens with one attached hydrogen (secondary N) is 1. The van der Waals surface area contributed by atoms with Crippen molar-refractivity contribution in [3.8, 4) is 11.5 Å². The lowest BCUT2D eigenvalue weighted by molar-refractivity contribution is -0.132. The first kappa shape index (κ1) is 20.1. The Hall–Kier alpha value is -2.67. The maximum atomic E-state index is 12.5. The van der Waals surface area contributed by atoms with Crippen molar-refractivity contribution >= 4 is 29.3 Å². The van der Waals surface area contributed by atoms with E-state index in [1.165, 1.54) is 11.8 Å². The van der Waals surface area contributed by atoms with Crippen LogP contribution in [0.4, 0.5) is 5.69 Å². The van der Waals surface area contributed by atoms with E-state index in [0.29, 0.717) is 42.7 Å². The Balaban J connectivity index is 1.54. The van der Waals surface area contributed by atoms with Gasteiger partial charge in [0, 0.05) is 23.2 Å². The highest BCUT2D eigenvalue weighted by molar-refractivity contribution is 8.00. The number of rotatable bonds is 7. The van der Waals surface area contributed by atoms with Crippen LogP contribution in [0.3, 0.4) is 0 Å². The van der Waals surface area contributed by atoms with E-state index in [0.717, 1.165) is 10.5 Å². The summed E-state index contributed by atoms with van der Waals surface area (Å²) in [6.45, 7) is 5.38. The Morgan fingerprint density at radius 1 is 1.11 bits per heavy atom. The number of likely N-dealkylation sites (N-methyl/N-ethyl adjacent to an activating group) is 1. The standard InChI is InChI=1S/C21H24N2O4S/c1-3-23(21(25)14-28-19-7-5-4-6-15(19)2)13-20(24)22-16-8-9-17-18(12-16)27-11-10-26-17/h4-9,12H,3,10-11,13-14H2,1-2H3,(H,22,24). The molecule has 0 aromatic heterocycles. The predicted octanol–water partition coefficient (Wildman–Crippen LogP) is 3.35. The van der Waals surface area contributed by atoms with Crippen LogP contribution in [0.15, 0.2) is 47.4 Å². The lowest BCUT2D eigenvalue weighted by Gasteiger charge is -2.21. The largest absolute Gasteiger partial charge is 0.486 e. The normalized spacial score (nSPS) is 12.4. The molecule has 1 N–H and O–H groups in total. The van der Waals surface area contributed by atoms with E-state index in [9.17, 15) is 9.59 Å². The monoisotopic (exact) mass is 400 g/mol. The molecule has 28 heavy (non-hydrogen) atoms. The van der Waals surface area contributed by atoms with Gasteiger partial charge in [-0.05, 0) is 37.6 Å². The first-order valence-electron chi connectivity index (χ1n) is 9.22. The number of carbonyl (C=O) groups excluding carboxylic acids is 2. The third-order valence-corrected chi connectivity index (χ3v) is 5.50. The van der Waals surface area contributed by atoms with E-state index in [1.807, 2.05) is 38.1 Å². The molecule has 0 saturated heterocycles. The van der Waals surface area contributed by atoms with Crippen LogP contribution in [-0.4, -0.2) is 48.8 Å². The summed E-state index contributed by atoms with van der Waals surface area (Å²) in [7, 11) is 0. The van der Waals surface area contributed by atoms with Crippen LogP contribution < -0.4 is 14.8 Å². The molecular formula is C21H24N2O4S. The maximum Gasteiger partial charge on any atom is 0.243 e. The lowest BCUT2D eigenvalue weighted by atomic mass is 10.2. The first-order valence-corrected chi connectivity index (χ1v) is 10.2. The SMILES string of the molecule is CCN(CC(=O)Nc1ccc2c(c1)OCCO2)C(=O)CSc1ccccc1C. The number of fused-ring (bicyclic) bond motifs is 1. The summed E-state index contributed by atoms with van der Waals surface area (Å²) in [5.41, 5.74) is 1.76. The number of ether oxygens (including phenoxy) is 2. The zero-order chi connectivity index (χ0) is 19.9. The summed E-state index contributed by atoms with van der Waals surface area (Å²) in [4.78, 5) is 27.6. The van der Waals surface area contributed by atoms with E-state index >= 15 is 0 Å². The molecule has 148 valence electrons. The Morgan fingerprint density at radius 2 is 1.86 bits per heavy atom. The molecule has 0 aliphatic carbocycles. The third-order valence-electron chi connectivity index (χ3n) is 4.34. The van der Waals surface area contributed by atoms with Crippen molar-refractivity contribution in [3.05, 3.63) is 48.0 Å². The van der Waals surface area contributed by atoms with Crippen molar-refractivity contribution in [2.45, 2.75) is 18.7 Å². The van der Waals surface area contributed by atoms with Gasteiger partial charge in [-0.3, -0.25) is 9.59 Å². The van der Waals surface area contributed by atoms with Gasteiger partial charge < -0.3 is 19.7 Å². The second kappa shape index (κ2) is 9.50. The molecular weight excluding hydrogens is 376 g/mol. The molecule has 0 bridgehead atoms. The average molecular weight is 401 g/mol. The minimum absolute atomic E-state index is 0.0120. The van der Waals surface area contributed by atoms with Gasteiger partial charge in [-0.1, -0.05) is 18.2 Å². The van der Waals surface area contributed by atoms with Crippen LogP contribution in [-0.2, 0) is 9.59 Å². The topological polar surface area (TPSA) is 67.9 Å². The molecule has 0 fully saturated rings. The Bertz CT molecular complexity index is 856. The van der Waals surface area contributed by atoms with Crippen LogP contribution >= 0.6 is 11.8 Å². The average Bonchev–Trinajstić information content (AvgIpc) is 2.71. The van der Waals surface area contributed by atoms with Crippen molar-refractivity contribution in [1.82, 2.24) is 4.90 Å². The maximum absolute atomic E-state index is 12.5. The smallest absolute Gasteiger partial charge is 0.243 e. The van der Waals surface area contributed by atoms with Gasteiger partial charge in [0.2, 0.25) is 11.8 Å². The second-order valence-electron chi connectivity index (χ2n) is 6.37. The summed E-state index contributed by atoms with van der Waals surface area (Å²) in [5.74, 6) is 1.28. The van der Waals surface area contributed by atoms with Gasteiger partial charge in [-0.15, -0.1) is 11.8 Å². The fraction of sp³-hybridized carbons (Fsp3) is 0.333. The van der Waals surface area contributed by atoms with E-state index in [-0.39, 0.29) is 18.4 Å². The number of hydrogen-bond donors (Lipinski definition) is 1. The van der Waals surface area contributed by atoms with Crippen LogP contribution in [0.5, 0.6) is 11.5 Å². The van der Waals surface area contributed by atoms with Crippen molar-refractivity contribution in [3.63, 3.8) is 0 Å². The highest BCUT2D eigenvalue weighted by Crippen LogP contribution is 2.32. The quantitative estimate of drug-likeness (QED) is 0.722. The number of aryl methyl sites for hydroxylation is 1. The third kappa shape index (κ3) is 5.19. The fourth-order valence-corrected chi connectivity index (χ4v) is 3.75. The summed E-state index contributed by atoms with van der Waals surface area (Å²) < 4.78 is 11.0. The number of nitrogens with zero attached hydrogens (tertiary/aromatic N) is 1. The number of thioether (sulfide) groups is 1. The highest BCUT2D eigenvalue weighted by Gasteiger charge is 2.17. The van der Waals surface area contributed by atoms with Crippen molar-refractivity contribution in [2.75, 3.05) is 37.4 Å². The van der Waals surface area contributed by atoms with Gasteiger partial charge >= 0.3 is 0 Å². The van der Waals surface area contributed by atoms with Gasteiger partial charge in [0.05, 0.1) is 12.3 Å². The molecule has 1 heterocycles. The van der Waals surface area contributed by atoms with E-state index in [1.54, 1.807) is 23.1 Å². The number of anilines is 1. The second-order valence-corrected chi connectivity index (χ2v) is 7.39. The van der Waals surface area contributed by atoms with E-state index in [4.69, 9.17) is 9.47 Å². The molecule has 1 aliphatic rings. The van der Waals surface area contributed by atoms with Crippen LogP contribution in [0.1, 0.15) is 12.5 Å². The number of amides is 2. The zero-order valence-electron chi connectivity index (χ0n) is 16.1. The van der Waals surface area contributed by atoms with Gasteiger partial charge in [0.1, 0.15) is 13.2 Å². The predicted molar refractivity (Wildman–Crippen MR) is 110 cm³/mol. The highest BCUT2D eigenvalue weighted by atomic mass is 32.2. The molecule has 0 saturated carbocycles.